The van der Waals surface area contributed by atoms with E-state index in [9.17, 15) is 0 Å². The Kier molecular flexibility index (Phi) is 3.83. The Hall–Kier alpha value is -0.930. The molecule has 2 N–H and O–H groups in total. The van der Waals surface area contributed by atoms with Gasteiger partial charge in [0.15, 0.2) is 0 Å². The van der Waals surface area contributed by atoms with E-state index in [1.54, 1.807) is 0 Å². The second-order valence-electron chi connectivity index (χ2n) is 4.42. The zero-order valence-corrected chi connectivity index (χ0v) is 10.2. The molecule has 0 aromatic heterocycles. The highest BCUT2D eigenvalue weighted by Crippen LogP contribution is 2.15. The Balaban J connectivity index is 2.81. The van der Waals surface area contributed by atoms with Crippen molar-refractivity contribution in [3.8, 4) is 0 Å². The topological polar surface area (TPSA) is 35.2 Å². The number of hydrogen-bond donors (Lipinski definition) is 1. The minimum Gasteiger partial charge on any atom is -0.389 e. The van der Waals surface area contributed by atoms with E-state index in [4.69, 9.17) is 22.7 Å². The highest BCUT2D eigenvalue weighted by Gasteiger charge is 2.12. The first-order chi connectivity index (χ1) is 6.90. The molecule has 0 unspecified atom stereocenters. The first-order valence-electron chi connectivity index (χ1n) is 4.92. The summed E-state index contributed by atoms with van der Waals surface area (Å²) in [5.41, 5.74) is 7.42. The normalized spacial score (nSPS) is 11.4. The molecule has 2 nitrogen and oxygen atoms in total. The van der Waals surface area contributed by atoms with Crippen LogP contribution in [0.2, 0.25) is 0 Å². The third-order valence-corrected chi connectivity index (χ3v) is 2.16. The lowest BCUT2D eigenvalue weighted by atomic mass is 10.1. The van der Waals surface area contributed by atoms with E-state index in [0.29, 0.717) is 11.6 Å². The Morgan fingerprint density at radius 1 is 1.33 bits per heavy atom. The first kappa shape index (κ1) is 12.1. The third kappa shape index (κ3) is 3.98. The van der Waals surface area contributed by atoms with Gasteiger partial charge in [0.1, 0.15) is 4.99 Å². The van der Waals surface area contributed by atoms with Crippen molar-refractivity contribution in [2.24, 2.45) is 5.73 Å². The maximum Gasteiger partial charge on any atom is 0.104 e. The molecule has 3 heteroatoms. The van der Waals surface area contributed by atoms with Gasteiger partial charge in [-0.25, -0.2) is 0 Å². The Morgan fingerprint density at radius 2 is 1.93 bits per heavy atom. The molecule has 0 amide bonds. The van der Waals surface area contributed by atoms with Crippen LogP contribution < -0.4 is 5.73 Å². The van der Waals surface area contributed by atoms with Crippen LogP contribution in [-0.2, 0) is 11.3 Å². The molecular formula is C12H17NOS. The highest BCUT2D eigenvalue weighted by molar-refractivity contribution is 7.80. The van der Waals surface area contributed by atoms with Crippen LogP contribution in [-0.4, -0.2) is 10.6 Å². The van der Waals surface area contributed by atoms with E-state index >= 15 is 0 Å². The summed E-state index contributed by atoms with van der Waals surface area (Å²) in [6, 6.07) is 7.79. The fraction of sp³-hybridized carbons (Fsp3) is 0.417. The largest absolute Gasteiger partial charge is 0.389 e. The number of benzene rings is 1. The molecule has 0 saturated carbocycles. The number of ether oxygens (including phenoxy) is 1. The van der Waals surface area contributed by atoms with Crippen molar-refractivity contribution in [1.29, 1.82) is 0 Å². The van der Waals surface area contributed by atoms with Crippen LogP contribution in [0.15, 0.2) is 24.3 Å². The number of nitrogens with two attached hydrogens (primary N) is 1. The molecule has 0 aliphatic heterocycles. The molecule has 1 aromatic rings. The van der Waals surface area contributed by atoms with E-state index in [-0.39, 0.29) is 5.60 Å². The molecule has 0 aliphatic rings. The zero-order chi connectivity index (χ0) is 11.5. The lowest BCUT2D eigenvalue weighted by molar-refractivity contribution is -0.0150. The Bertz CT molecular complexity index is 355. The quantitative estimate of drug-likeness (QED) is 0.800. The second-order valence-corrected chi connectivity index (χ2v) is 4.86. The summed E-state index contributed by atoms with van der Waals surface area (Å²) < 4.78 is 5.69. The monoisotopic (exact) mass is 223 g/mol. The van der Waals surface area contributed by atoms with Gasteiger partial charge in [-0.05, 0) is 26.3 Å². The van der Waals surface area contributed by atoms with Gasteiger partial charge in [-0.3, -0.25) is 0 Å². The predicted molar refractivity (Wildman–Crippen MR) is 66.9 cm³/mol. The summed E-state index contributed by atoms with van der Waals surface area (Å²) in [5.74, 6) is 0. The van der Waals surface area contributed by atoms with Crippen molar-refractivity contribution in [1.82, 2.24) is 0 Å². The average Bonchev–Trinajstić information content (AvgIpc) is 2.14. The minimum absolute atomic E-state index is 0.149. The highest BCUT2D eigenvalue weighted by atomic mass is 32.1. The minimum atomic E-state index is -0.149. The molecule has 0 aliphatic carbocycles. The van der Waals surface area contributed by atoms with Crippen LogP contribution >= 0.6 is 12.2 Å². The molecule has 1 aromatic carbocycles. The fourth-order valence-electron chi connectivity index (χ4n) is 1.18. The molecule has 0 spiro atoms. The Labute approximate surface area is 96.4 Å². The summed E-state index contributed by atoms with van der Waals surface area (Å²) in [6.45, 7) is 6.61. The fourth-order valence-corrected chi connectivity index (χ4v) is 1.38. The summed E-state index contributed by atoms with van der Waals surface area (Å²) >= 11 is 4.98. The smallest absolute Gasteiger partial charge is 0.104 e. The second kappa shape index (κ2) is 4.73. The van der Waals surface area contributed by atoms with E-state index in [1.165, 1.54) is 0 Å². The van der Waals surface area contributed by atoms with Gasteiger partial charge in [0.2, 0.25) is 0 Å². The van der Waals surface area contributed by atoms with Gasteiger partial charge in [0.05, 0.1) is 12.2 Å². The van der Waals surface area contributed by atoms with Crippen LogP contribution in [0.4, 0.5) is 0 Å². The van der Waals surface area contributed by atoms with Crippen molar-refractivity contribution in [2.45, 2.75) is 33.0 Å². The predicted octanol–water partition coefficient (Wildman–Crippen LogP) is 2.64. The molecular weight excluding hydrogens is 206 g/mol. The van der Waals surface area contributed by atoms with Crippen molar-refractivity contribution in [2.75, 3.05) is 0 Å². The van der Waals surface area contributed by atoms with E-state index in [0.717, 1.165) is 11.1 Å². The van der Waals surface area contributed by atoms with Crippen LogP contribution in [0.3, 0.4) is 0 Å². The van der Waals surface area contributed by atoms with E-state index in [2.05, 4.69) is 0 Å². The van der Waals surface area contributed by atoms with Gasteiger partial charge in [-0.1, -0.05) is 36.5 Å². The maximum atomic E-state index is 5.69. The van der Waals surface area contributed by atoms with Crippen molar-refractivity contribution >= 4 is 17.2 Å². The molecule has 0 atom stereocenters. The molecule has 0 saturated heterocycles. The van der Waals surface area contributed by atoms with Crippen LogP contribution in [0.1, 0.15) is 31.9 Å². The Morgan fingerprint density at radius 3 is 2.47 bits per heavy atom. The maximum absolute atomic E-state index is 5.69. The number of thiocarbonyl (C=S) groups is 1. The molecule has 0 bridgehead atoms. The lowest BCUT2D eigenvalue weighted by Gasteiger charge is -2.20. The number of rotatable bonds is 3. The van der Waals surface area contributed by atoms with Crippen molar-refractivity contribution < 1.29 is 4.74 Å². The zero-order valence-electron chi connectivity index (χ0n) is 9.41. The average molecular weight is 223 g/mol. The lowest BCUT2D eigenvalue weighted by Crippen LogP contribution is -2.20. The molecule has 0 radical (unpaired) electrons. The van der Waals surface area contributed by atoms with Crippen LogP contribution in [0.25, 0.3) is 0 Å². The van der Waals surface area contributed by atoms with Crippen LogP contribution in [0.5, 0.6) is 0 Å². The van der Waals surface area contributed by atoms with Gasteiger partial charge < -0.3 is 10.5 Å². The number of hydrogen-bond acceptors (Lipinski definition) is 2. The van der Waals surface area contributed by atoms with Crippen molar-refractivity contribution in [3.63, 3.8) is 0 Å². The standard InChI is InChI=1S/C12H17NOS/c1-12(2,3)14-8-9-6-4-5-7-10(9)11(13)15/h4-7H,8H2,1-3H3,(H2,13,15). The third-order valence-electron chi connectivity index (χ3n) is 1.94. The molecule has 15 heavy (non-hydrogen) atoms. The molecule has 1 rings (SSSR count). The van der Waals surface area contributed by atoms with Crippen LogP contribution in [0, 0.1) is 0 Å². The SMILES string of the molecule is CC(C)(C)OCc1ccccc1C(N)=S. The summed E-state index contributed by atoms with van der Waals surface area (Å²) in [7, 11) is 0. The first-order valence-corrected chi connectivity index (χ1v) is 5.32. The van der Waals surface area contributed by atoms with Crippen molar-refractivity contribution in [3.05, 3.63) is 35.4 Å². The van der Waals surface area contributed by atoms with Gasteiger partial charge in [0, 0.05) is 5.56 Å². The van der Waals surface area contributed by atoms with Gasteiger partial charge in [0.25, 0.3) is 0 Å². The van der Waals surface area contributed by atoms with Gasteiger partial charge in [-0.2, -0.15) is 0 Å². The summed E-state index contributed by atoms with van der Waals surface area (Å²) in [6.07, 6.45) is 0. The molecule has 82 valence electrons. The molecule has 0 heterocycles. The summed E-state index contributed by atoms with van der Waals surface area (Å²) in [4.78, 5) is 0.420. The summed E-state index contributed by atoms with van der Waals surface area (Å²) in [5, 5.41) is 0. The van der Waals surface area contributed by atoms with E-state index in [1.807, 2.05) is 45.0 Å². The molecule has 0 fully saturated rings. The van der Waals surface area contributed by atoms with Gasteiger partial charge >= 0.3 is 0 Å². The van der Waals surface area contributed by atoms with Gasteiger partial charge in [-0.15, -0.1) is 0 Å². The van der Waals surface area contributed by atoms with E-state index < -0.39 is 0 Å².